The number of rotatable bonds is 8. The van der Waals surface area contributed by atoms with Crippen LogP contribution >= 0.6 is 0 Å². The highest BCUT2D eigenvalue weighted by Gasteiger charge is 2.20. The molecule has 0 aromatic heterocycles. The summed E-state index contributed by atoms with van der Waals surface area (Å²) >= 11 is 0. The second-order valence-electron chi connectivity index (χ2n) is 15.0. The van der Waals surface area contributed by atoms with Crippen LogP contribution in [0.3, 0.4) is 0 Å². The highest BCUT2D eigenvalue weighted by Crippen LogP contribution is 2.29. The van der Waals surface area contributed by atoms with Crippen molar-refractivity contribution in [2.75, 3.05) is 132 Å². The molecule has 0 spiro atoms. The van der Waals surface area contributed by atoms with Crippen LogP contribution in [0.25, 0.3) is 0 Å². The topological polar surface area (TPSA) is 258 Å². The van der Waals surface area contributed by atoms with E-state index < -0.39 is 23.9 Å². The maximum Gasteiger partial charge on any atom is 0.317 e. The van der Waals surface area contributed by atoms with Crippen LogP contribution in [0, 0.1) is 13.8 Å². The van der Waals surface area contributed by atoms with Crippen molar-refractivity contribution in [3.8, 4) is 11.5 Å². The zero-order valence-corrected chi connectivity index (χ0v) is 35.8. The van der Waals surface area contributed by atoms with Gasteiger partial charge in [-0.1, -0.05) is 35.4 Å². The van der Waals surface area contributed by atoms with E-state index in [1.54, 1.807) is 43.9 Å². The molecule has 0 saturated carbocycles. The number of phenolic OH excluding ortho intramolecular Hbond substituents is 2. The molecule has 6 N–H and O–H groups in total. The molecule has 20 heteroatoms. The molecule has 0 aliphatic carbocycles. The fourth-order valence-corrected chi connectivity index (χ4v) is 6.79. The van der Waals surface area contributed by atoms with Crippen molar-refractivity contribution in [2.24, 2.45) is 0 Å². The van der Waals surface area contributed by atoms with Gasteiger partial charge in [0.05, 0.1) is 105 Å². The molecule has 4 bridgehead atoms. The molecule has 1 aliphatic rings. The number of aliphatic carboxylic acids is 4. The number of carbonyl (C=O) groups is 4. The van der Waals surface area contributed by atoms with Gasteiger partial charge in [-0.15, -0.1) is 0 Å². The van der Waals surface area contributed by atoms with Crippen LogP contribution in [0.1, 0.15) is 33.4 Å². The number of hydrogen-bond acceptors (Lipinski definition) is 16. The van der Waals surface area contributed by atoms with Crippen molar-refractivity contribution in [1.29, 1.82) is 0 Å². The summed E-state index contributed by atoms with van der Waals surface area (Å²) in [7, 11) is 0. The highest BCUT2D eigenvalue weighted by molar-refractivity contribution is 5.70. The fourth-order valence-electron chi connectivity index (χ4n) is 6.79. The minimum atomic E-state index is -1.05. The van der Waals surface area contributed by atoms with Gasteiger partial charge in [-0.25, -0.2) is 0 Å². The van der Waals surface area contributed by atoms with Gasteiger partial charge >= 0.3 is 23.9 Å². The van der Waals surface area contributed by atoms with Crippen LogP contribution in [-0.2, 0) is 73.8 Å². The predicted octanol–water partition coefficient (Wildman–Crippen LogP) is 1.07. The summed E-state index contributed by atoms with van der Waals surface area (Å²) in [6.07, 6.45) is 0. The van der Waals surface area contributed by atoms with Gasteiger partial charge in [0.25, 0.3) is 0 Å². The van der Waals surface area contributed by atoms with Crippen molar-refractivity contribution < 1.29 is 78.2 Å². The summed E-state index contributed by atoms with van der Waals surface area (Å²) in [5.41, 5.74) is 3.59. The molecule has 0 saturated heterocycles. The lowest BCUT2D eigenvalue weighted by Crippen LogP contribution is -2.34. The number of carboxylic acid groups (broad SMARTS) is 4. The van der Waals surface area contributed by atoms with Crippen molar-refractivity contribution in [2.45, 2.75) is 40.0 Å². The Balaban J connectivity index is 1.69. The van der Waals surface area contributed by atoms with Gasteiger partial charge in [-0.3, -0.25) is 38.8 Å². The third kappa shape index (κ3) is 21.5. The van der Waals surface area contributed by atoms with Gasteiger partial charge in [-0.05, 0) is 13.8 Å². The van der Waals surface area contributed by atoms with Gasteiger partial charge < -0.3 is 59.1 Å². The average molecular weight is 881 g/mol. The summed E-state index contributed by atoms with van der Waals surface area (Å²) < 4.78 is 34.0. The minimum absolute atomic E-state index is 0.0502. The van der Waals surface area contributed by atoms with Crippen LogP contribution in [0.15, 0.2) is 24.3 Å². The number of nitrogens with zero attached hydrogens (tertiary/aromatic N) is 4. The maximum atomic E-state index is 11.7. The van der Waals surface area contributed by atoms with E-state index >= 15 is 0 Å². The Morgan fingerprint density at radius 1 is 0.403 bits per heavy atom. The molecular weight excluding hydrogens is 816 g/mol. The Morgan fingerprint density at radius 2 is 0.597 bits per heavy atom. The van der Waals surface area contributed by atoms with Crippen molar-refractivity contribution in [3.05, 3.63) is 57.6 Å². The van der Waals surface area contributed by atoms with Gasteiger partial charge in [-0.2, -0.15) is 0 Å². The van der Waals surface area contributed by atoms with Gasteiger partial charge in [0.15, 0.2) is 0 Å². The molecule has 0 unspecified atom stereocenters. The van der Waals surface area contributed by atoms with Gasteiger partial charge in [0.2, 0.25) is 0 Å². The first kappa shape index (κ1) is 51.9. The Labute approximate surface area is 362 Å². The van der Waals surface area contributed by atoms with Crippen LogP contribution in [0.5, 0.6) is 11.5 Å². The summed E-state index contributed by atoms with van der Waals surface area (Å²) in [6.45, 7) is 6.53. The molecule has 2 aromatic rings. The first-order valence-corrected chi connectivity index (χ1v) is 20.6. The first-order chi connectivity index (χ1) is 29.7. The van der Waals surface area contributed by atoms with Crippen molar-refractivity contribution in [1.82, 2.24) is 19.6 Å². The number of aryl methyl sites for hydroxylation is 2. The van der Waals surface area contributed by atoms with E-state index in [2.05, 4.69) is 0 Å². The Bertz CT molecular complexity index is 1470. The normalized spacial score (nSPS) is 18.7. The molecule has 1 heterocycles. The predicted molar refractivity (Wildman–Crippen MR) is 222 cm³/mol. The van der Waals surface area contributed by atoms with E-state index in [-0.39, 0.29) is 169 Å². The SMILES string of the molecule is Cc1cc2c(O)c(c1)CN(CC(=O)O)CCOCCOCCOCCN(CC(=O)O)Cc1cc(C)cc(c1O)CN(CC(=O)O)CCOCCOCCOCCN(CC(=O)O)C2. The molecule has 0 atom stereocenters. The Kier molecular flexibility index (Phi) is 24.3. The lowest BCUT2D eigenvalue weighted by Gasteiger charge is -2.24. The second-order valence-corrected chi connectivity index (χ2v) is 15.0. The van der Waals surface area contributed by atoms with E-state index in [9.17, 15) is 49.8 Å². The monoisotopic (exact) mass is 880 g/mol. The van der Waals surface area contributed by atoms with Gasteiger partial charge in [0, 0.05) is 74.6 Å². The summed E-state index contributed by atoms with van der Waals surface area (Å²) in [5.74, 6) is -4.30. The second kappa shape index (κ2) is 29.0. The molecule has 0 amide bonds. The lowest BCUT2D eigenvalue weighted by molar-refractivity contribution is -0.139. The third-order valence-corrected chi connectivity index (χ3v) is 9.53. The zero-order valence-electron chi connectivity index (χ0n) is 35.8. The van der Waals surface area contributed by atoms with Crippen molar-refractivity contribution >= 4 is 23.9 Å². The van der Waals surface area contributed by atoms with E-state index in [1.807, 2.05) is 13.8 Å². The number of fused-ring (bicyclic) bond motifs is 4. The number of ether oxygens (including phenoxy) is 6. The summed E-state index contributed by atoms with van der Waals surface area (Å²) in [6, 6.07) is 7.05. The maximum absolute atomic E-state index is 11.7. The molecule has 1 aliphatic heterocycles. The largest absolute Gasteiger partial charge is 0.507 e. The number of aromatic hydroxyl groups is 2. The van der Waals surface area contributed by atoms with E-state index in [0.29, 0.717) is 22.3 Å². The molecule has 0 fully saturated rings. The third-order valence-electron chi connectivity index (χ3n) is 9.53. The Morgan fingerprint density at radius 3 is 0.790 bits per heavy atom. The summed E-state index contributed by atoms with van der Waals surface area (Å²) in [5, 5.41) is 60.8. The molecular formula is C42H64N4O16. The number of benzene rings is 2. The molecule has 348 valence electrons. The lowest BCUT2D eigenvalue weighted by atomic mass is 10.0. The molecule has 20 nitrogen and oxygen atoms in total. The standard InChI is InChI=1S/C42H64N4O16/c1-31-19-33-23-43(27-37(47)48)3-7-57-11-15-61-17-13-59-9-5-45(29-39(51)52)25-35-21-32(2)22-36(42(35)56)26-46(30-40(53)54)6-10-60-14-18-62-16-12-58-8-4-44(28-38(49)50)24-34(20-31)41(33)55/h19-22,55-56H,3-18,23-30H2,1-2H3,(H,47,48)(H,49,50)(H,51,52)(H,53,54). The van der Waals surface area contributed by atoms with Crippen LogP contribution in [0.2, 0.25) is 0 Å². The van der Waals surface area contributed by atoms with E-state index in [1.165, 1.54) is 0 Å². The molecule has 3 rings (SSSR count). The average Bonchev–Trinajstić information content (AvgIpc) is 3.17. The minimum Gasteiger partial charge on any atom is -0.507 e. The fraction of sp³-hybridized carbons (Fsp3) is 0.619. The summed E-state index contributed by atoms with van der Waals surface area (Å²) in [4.78, 5) is 53.4. The van der Waals surface area contributed by atoms with Crippen LogP contribution < -0.4 is 0 Å². The number of carboxylic acids is 4. The first-order valence-electron chi connectivity index (χ1n) is 20.6. The zero-order chi connectivity index (χ0) is 45.3. The quantitative estimate of drug-likeness (QED) is 0.217. The number of phenols is 2. The molecule has 62 heavy (non-hydrogen) atoms. The smallest absolute Gasteiger partial charge is 0.317 e. The molecule has 0 radical (unpaired) electrons. The van der Waals surface area contributed by atoms with E-state index in [4.69, 9.17) is 28.4 Å². The van der Waals surface area contributed by atoms with Crippen molar-refractivity contribution in [3.63, 3.8) is 0 Å². The highest BCUT2D eigenvalue weighted by atomic mass is 16.5. The van der Waals surface area contributed by atoms with Gasteiger partial charge in [0.1, 0.15) is 11.5 Å². The Hall–Kier alpha value is -4.48. The van der Waals surface area contributed by atoms with Crippen LogP contribution in [-0.4, -0.2) is 206 Å². The molecule has 2 aromatic carbocycles. The van der Waals surface area contributed by atoms with E-state index in [0.717, 1.165) is 11.1 Å². The number of hydrogen-bond donors (Lipinski definition) is 6. The van der Waals surface area contributed by atoms with Crippen LogP contribution in [0.4, 0.5) is 0 Å².